The van der Waals surface area contributed by atoms with Crippen molar-refractivity contribution in [3.8, 4) is 0 Å². The van der Waals surface area contributed by atoms with Crippen LogP contribution in [0.3, 0.4) is 0 Å². The van der Waals surface area contributed by atoms with Crippen LogP contribution in [0.15, 0.2) is 24.5 Å². The summed E-state index contributed by atoms with van der Waals surface area (Å²) >= 11 is 0. The molecule has 0 bridgehead atoms. The number of nitrogens with zero attached hydrogens (tertiary/aromatic N) is 1. The maximum atomic E-state index is 11.6. The van der Waals surface area contributed by atoms with Gasteiger partial charge in [-0.1, -0.05) is 0 Å². The molecule has 1 N–H and O–H groups in total. The van der Waals surface area contributed by atoms with E-state index in [1.54, 1.807) is 0 Å². The average molecular weight is 250 g/mol. The fourth-order valence-electron chi connectivity index (χ4n) is 1.58. The number of hydrogen-bond acceptors (Lipinski definition) is 3. The predicted octanol–water partition coefficient (Wildman–Crippen LogP) is 0.867. The van der Waals surface area contributed by atoms with Crippen LogP contribution in [0.4, 0.5) is 0 Å². The highest BCUT2D eigenvalue weighted by Gasteiger charge is 2.20. The first-order chi connectivity index (χ1) is 8.75. The lowest BCUT2D eigenvalue weighted by Crippen LogP contribution is -2.28. The molecular weight excluding hydrogens is 232 g/mol. The molecule has 1 aromatic heterocycles. The van der Waals surface area contributed by atoms with Crippen molar-refractivity contribution in [2.75, 3.05) is 19.8 Å². The fraction of sp³-hybridized carbons (Fsp3) is 0.538. The van der Waals surface area contributed by atoms with Gasteiger partial charge in [0.2, 0.25) is 0 Å². The number of nitrogens with one attached hydrogen (secondary N) is 1. The van der Waals surface area contributed by atoms with Gasteiger partial charge < -0.3 is 15.3 Å². The van der Waals surface area contributed by atoms with Crippen molar-refractivity contribution in [3.63, 3.8) is 0 Å². The number of hydrogen-bond donors (Lipinski definition) is 1. The van der Waals surface area contributed by atoms with Gasteiger partial charge in [0, 0.05) is 31.9 Å². The Hall–Kier alpha value is -1.62. The Balaban J connectivity index is 1.57. The van der Waals surface area contributed by atoms with Gasteiger partial charge in [-0.25, -0.2) is 0 Å². The van der Waals surface area contributed by atoms with Gasteiger partial charge in [0.25, 0.3) is 5.91 Å². The minimum atomic E-state index is -0.155. The van der Waals surface area contributed by atoms with Crippen molar-refractivity contribution in [3.05, 3.63) is 35.3 Å². The van der Waals surface area contributed by atoms with Crippen molar-refractivity contribution >= 4 is 5.91 Å². The third kappa shape index (κ3) is 4.33. The third-order valence-corrected chi connectivity index (χ3v) is 2.87. The monoisotopic (exact) mass is 250 g/mol. The Bertz CT molecular complexity index is 388. The Morgan fingerprint density at radius 3 is 2.83 bits per heavy atom. The first-order valence-electron chi connectivity index (χ1n) is 6.30. The largest absolute Gasteiger partial charge is 0.619 e. The summed E-state index contributed by atoms with van der Waals surface area (Å²) in [5.41, 5.74) is 0.501. The molecule has 1 fully saturated rings. The fourth-order valence-corrected chi connectivity index (χ4v) is 1.58. The molecule has 2 rings (SSSR count). The topological polar surface area (TPSA) is 65.3 Å². The zero-order chi connectivity index (χ0) is 12.8. The van der Waals surface area contributed by atoms with E-state index in [1.165, 1.54) is 37.4 Å². The number of amides is 1. The van der Waals surface area contributed by atoms with E-state index in [-0.39, 0.29) is 5.91 Å². The van der Waals surface area contributed by atoms with E-state index in [4.69, 9.17) is 4.74 Å². The van der Waals surface area contributed by atoms with E-state index in [2.05, 4.69) is 5.32 Å². The summed E-state index contributed by atoms with van der Waals surface area (Å²) in [6.07, 6.45) is 6.03. The summed E-state index contributed by atoms with van der Waals surface area (Å²) in [6.45, 7) is 2.14. The van der Waals surface area contributed by atoms with Gasteiger partial charge in [0.05, 0.1) is 5.56 Å². The van der Waals surface area contributed by atoms with Crippen molar-refractivity contribution < 1.29 is 14.3 Å². The van der Waals surface area contributed by atoms with E-state index in [1.807, 2.05) is 0 Å². The van der Waals surface area contributed by atoms with Gasteiger partial charge in [-0.15, -0.1) is 0 Å². The Labute approximate surface area is 106 Å². The van der Waals surface area contributed by atoms with Crippen LogP contribution in [0.2, 0.25) is 0 Å². The summed E-state index contributed by atoms with van der Waals surface area (Å²) in [7, 11) is 0. The van der Waals surface area contributed by atoms with E-state index in [9.17, 15) is 10.0 Å². The molecule has 0 unspecified atom stereocenters. The van der Waals surface area contributed by atoms with E-state index in [0.29, 0.717) is 23.4 Å². The van der Waals surface area contributed by atoms with Crippen LogP contribution in [0.25, 0.3) is 0 Å². The predicted molar refractivity (Wildman–Crippen MR) is 65.9 cm³/mol. The van der Waals surface area contributed by atoms with Crippen LogP contribution in [0.5, 0.6) is 0 Å². The molecule has 5 heteroatoms. The standard InChI is InChI=1S/C13H18N2O3/c16-13(12-4-7-15(17)8-5-12)14-6-1-9-18-10-11-2-3-11/h4-5,7-8,11H,1-3,6,9-10H2,(H,14,16). The molecule has 0 spiro atoms. The van der Waals surface area contributed by atoms with Gasteiger partial charge in [0.15, 0.2) is 12.4 Å². The van der Waals surface area contributed by atoms with Crippen molar-refractivity contribution in [2.45, 2.75) is 19.3 Å². The number of rotatable bonds is 7. The number of carbonyl (C=O) groups excluding carboxylic acids is 1. The molecule has 1 saturated carbocycles. The lowest BCUT2D eigenvalue weighted by atomic mass is 10.2. The van der Waals surface area contributed by atoms with Crippen molar-refractivity contribution in [1.82, 2.24) is 5.32 Å². The van der Waals surface area contributed by atoms with Crippen molar-refractivity contribution in [2.24, 2.45) is 5.92 Å². The lowest BCUT2D eigenvalue weighted by Gasteiger charge is -2.05. The Morgan fingerprint density at radius 2 is 2.17 bits per heavy atom. The summed E-state index contributed by atoms with van der Waals surface area (Å²) in [4.78, 5) is 11.6. The van der Waals surface area contributed by atoms with Crippen LogP contribution in [-0.4, -0.2) is 25.7 Å². The number of pyridine rings is 1. The molecule has 1 aliphatic rings. The lowest BCUT2D eigenvalue weighted by molar-refractivity contribution is -0.605. The highest BCUT2D eigenvalue weighted by molar-refractivity contribution is 5.93. The number of carbonyl (C=O) groups is 1. The molecule has 1 aromatic rings. The molecule has 0 aromatic carbocycles. The molecule has 1 amide bonds. The molecule has 0 atom stereocenters. The maximum absolute atomic E-state index is 11.6. The zero-order valence-corrected chi connectivity index (χ0v) is 10.3. The molecule has 1 heterocycles. The molecule has 0 radical (unpaired) electrons. The number of aromatic nitrogens is 1. The smallest absolute Gasteiger partial charge is 0.251 e. The first-order valence-corrected chi connectivity index (χ1v) is 6.30. The Morgan fingerprint density at radius 1 is 1.44 bits per heavy atom. The second-order valence-electron chi connectivity index (χ2n) is 4.57. The van der Waals surface area contributed by atoms with E-state index in [0.717, 1.165) is 18.9 Å². The number of ether oxygens (including phenoxy) is 1. The molecule has 98 valence electrons. The quantitative estimate of drug-likeness (QED) is 0.443. The van der Waals surface area contributed by atoms with Crippen LogP contribution >= 0.6 is 0 Å². The average Bonchev–Trinajstić information content (AvgIpc) is 3.18. The summed E-state index contributed by atoms with van der Waals surface area (Å²) in [5, 5.41) is 13.6. The molecule has 1 aliphatic carbocycles. The van der Waals surface area contributed by atoms with Gasteiger partial charge in [-0.3, -0.25) is 4.79 Å². The van der Waals surface area contributed by atoms with Gasteiger partial charge in [-0.05, 0) is 25.2 Å². The second-order valence-corrected chi connectivity index (χ2v) is 4.57. The normalized spacial score (nSPS) is 14.4. The molecule has 0 saturated heterocycles. The van der Waals surface area contributed by atoms with E-state index < -0.39 is 0 Å². The van der Waals surface area contributed by atoms with Crippen LogP contribution in [-0.2, 0) is 4.74 Å². The summed E-state index contributed by atoms with van der Waals surface area (Å²) in [6, 6.07) is 3.01. The molecular formula is C13H18N2O3. The highest BCUT2D eigenvalue weighted by atomic mass is 16.5. The molecule has 5 nitrogen and oxygen atoms in total. The second kappa shape index (κ2) is 6.35. The van der Waals surface area contributed by atoms with Crippen LogP contribution in [0.1, 0.15) is 29.6 Å². The van der Waals surface area contributed by atoms with Gasteiger partial charge >= 0.3 is 0 Å². The molecule has 0 aliphatic heterocycles. The summed E-state index contributed by atoms with van der Waals surface area (Å²) < 4.78 is 6.12. The summed E-state index contributed by atoms with van der Waals surface area (Å²) in [5.74, 6) is 0.625. The highest BCUT2D eigenvalue weighted by Crippen LogP contribution is 2.28. The SMILES string of the molecule is O=C(NCCCOCC1CC1)c1cc[n+]([O-])cc1. The van der Waals surface area contributed by atoms with Gasteiger partial charge in [-0.2, -0.15) is 4.73 Å². The minimum absolute atomic E-state index is 0.155. The van der Waals surface area contributed by atoms with Crippen molar-refractivity contribution in [1.29, 1.82) is 0 Å². The van der Waals surface area contributed by atoms with E-state index >= 15 is 0 Å². The Kier molecular flexibility index (Phi) is 4.52. The minimum Gasteiger partial charge on any atom is -0.619 e. The molecule has 18 heavy (non-hydrogen) atoms. The van der Waals surface area contributed by atoms with Crippen LogP contribution in [0, 0.1) is 11.1 Å². The van der Waals surface area contributed by atoms with Crippen LogP contribution < -0.4 is 10.0 Å². The third-order valence-electron chi connectivity index (χ3n) is 2.87. The maximum Gasteiger partial charge on any atom is 0.251 e. The van der Waals surface area contributed by atoms with Gasteiger partial charge in [0.1, 0.15) is 0 Å². The zero-order valence-electron chi connectivity index (χ0n) is 10.3. The first kappa shape index (κ1) is 12.8.